The first-order valence-corrected chi connectivity index (χ1v) is 8.51. The summed E-state index contributed by atoms with van der Waals surface area (Å²) < 4.78 is 43.2. The first kappa shape index (κ1) is 22.2. The van der Waals surface area contributed by atoms with Gasteiger partial charge in [-0.25, -0.2) is 4.79 Å². The molecule has 0 aliphatic rings. The molecule has 2 amide bonds. The van der Waals surface area contributed by atoms with Gasteiger partial charge in [-0.05, 0) is 42.5 Å². The second kappa shape index (κ2) is 8.95. The Morgan fingerprint density at radius 1 is 1.07 bits per heavy atom. The van der Waals surface area contributed by atoms with Gasteiger partial charge in [-0.1, -0.05) is 11.6 Å². The molecule has 0 radical (unpaired) electrons. The number of anilines is 1. The molecule has 0 aliphatic carbocycles. The SMILES string of the molecule is COC(=O)c1ccc(C(=O)N(C)CC(=O)Nc2ccc(Cl)c(C(F)(F)F)c2)cc1. The van der Waals surface area contributed by atoms with Crippen molar-refractivity contribution in [3.63, 3.8) is 0 Å². The van der Waals surface area contributed by atoms with Gasteiger partial charge in [0.2, 0.25) is 5.91 Å². The first-order valence-electron chi connectivity index (χ1n) is 8.13. The number of hydrogen-bond donors (Lipinski definition) is 1. The van der Waals surface area contributed by atoms with E-state index in [0.29, 0.717) is 6.07 Å². The van der Waals surface area contributed by atoms with Crippen LogP contribution in [0.4, 0.5) is 18.9 Å². The van der Waals surface area contributed by atoms with E-state index in [1.807, 2.05) is 0 Å². The van der Waals surface area contributed by atoms with E-state index < -0.39 is 41.1 Å². The third-order valence-electron chi connectivity index (χ3n) is 3.84. The van der Waals surface area contributed by atoms with Gasteiger partial charge in [0, 0.05) is 18.3 Å². The van der Waals surface area contributed by atoms with E-state index in [2.05, 4.69) is 10.1 Å². The number of ether oxygens (including phenoxy) is 1. The predicted molar refractivity (Wildman–Crippen MR) is 99.8 cm³/mol. The van der Waals surface area contributed by atoms with Gasteiger partial charge in [0.15, 0.2) is 0 Å². The van der Waals surface area contributed by atoms with Crippen molar-refractivity contribution < 1.29 is 32.3 Å². The molecule has 2 rings (SSSR count). The zero-order valence-electron chi connectivity index (χ0n) is 15.3. The third-order valence-corrected chi connectivity index (χ3v) is 4.17. The number of benzene rings is 2. The summed E-state index contributed by atoms with van der Waals surface area (Å²) in [6.07, 6.45) is -4.67. The Labute approximate surface area is 169 Å². The summed E-state index contributed by atoms with van der Waals surface area (Å²) in [5, 5.41) is 1.81. The van der Waals surface area contributed by atoms with E-state index in [1.54, 1.807) is 0 Å². The van der Waals surface area contributed by atoms with Crippen molar-refractivity contribution in [2.45, 2.75) is 6.18 Å². The highest BCUT2D eigenvalue weighted by atomic mass is 35.5. The number of amides is 2. The summed E-state index contributed by atoms with van der Waals surface area (Å²) in [5.74, 6) is -1.76. The van der Waals surface area contributed by atoms with Crippen molar-refractivity contribution in [2.75, 3.05) is 26.0 Å². The fourth-order valence-electron chi connectivity index (χ4n) is 2.40. The molecule has 2 aromatic carbocycles. The monoisotopic (exact) mass is 428 g/mol. The summed E-state index contributed by atoms with van der Waals surface area (Å²) in [6, 6.07) is 8.57. The second-order valence-electron chi connectivity index (χ2n) is 5.97. The van der Waals surface area contributed by atoms with Crippen LogP contribution in [0, 0.1) is 0 Å². The van der Waals surface area contributed by atoms with Crippen LogP contribution in [0.2, 0.25) is 5.02 Å². The summed E-state index contributed by atoms with van der Waals surface area (Å²) in [5.41, 5.74) is -0.700. The van der Waals surface area contributed by atoms with Crippen LogP contribution in [0.5, 0.6) is 0 Å². The van der Waals surface area contributed by atoms with Gasteiger partial charge in [0.1, 0.15) is 0 Å². The summed E-state index contributed by atoms with van der Waals surface area (Å²) in [4.78, 5) is 37.0. The minimum absolute atomic E-state index is 0.102. The number of methoxy groups -OCH3 is 1. The Morgan fingerprint density at radius 2 is 1.66 bits per heavy atom. The van der Waals surface area contributed by atoms with Gasteiger partial charge in [-0.3, -0.25) is 9.59 Å². The number of carbonyl (C=O) groups excluding carboxylic acids is 3. The molecule has 0 atom stereocenters. The normalized spacial score (nSPS) is 11.0. The molecular formula is C19H16ClF3N2O4. The predicted octanol–water partition coefficient (Wildman–Crippen LogP) is 3.86. The number of nitrogens with one attached hydrogen (secondary N) is 1. The highest BCUT2D eigenvalue weighted by Gasteiger charge is 2.33. The average Bonchev–Trinajstić information content (AvgIpc) is 2.67. The van der Waals surface area contributed by atoms with Crippen LogP contribution in [0.25, 0.3) is 0 Å². The molecule has 29 heavy (non-hydrogen) atoms. The number of carbonyl (C=O) groups is 3. The van der Waals surface area contributed by atoms with Crippen molar-refractivity contribution in [1.29, 1.82) is 0 Å². The molecule has 1 N–H and O–H groups in total. The molecular weight excluding hydrogens is 413 g/mol. The van der Waals surface area contributed by atoms with Crippen LogP contribution < -0.4 is 5.32 Å². The summed E-state index contributed by atoms with van der Waals surface area (Å²) in [6.45, 7) is -0.401. The van der Waals surface area contributed by atoms with Gasteiger partial charge < -0.3 is 15.0 Å². The quantitative estimate of drug-likeness (QED) is 0.734. The molecule has 0 spiro atoms. The van der Waals surface area contributed by atoms with E-state index in [9.17, 15) is 27.6 Å². The maximum Gasteiger partial charge on any atom is 0.417 e. The lowest BCUT2D eigenvalue weighted by Crippen LogP contribution is -2.35. The zero-order chi connectivity index (χ0) is 21.8. The number of nitrogens with zero attached hydrogens (tertiary/aromatic N) is 1. The average molecular weight is 429 g/mol. The van der Waals surface area contributed by atoms with E-state index in [1.165, 1.54) is 44.5 Å². The zero-order valence-corrected chi connectivity index (χ0v) is 16.1. The lowest BCUT2D eigenvalue weighted by atomic mass is 10.1. The minimum atomic E-state index is -4.67. The topological polar surface area (TPSA) is 75.7 Å². The molecule has 2 aromatic rings. The van der Waals surface area contributed by atoms with Crippen molar-refractivity contribution in [1.82, 2.24) is 4.90 Å². The molecule has 10 heteroatoms. The maximum atomic E-state index is 12.9. The molecule has 0 unspecified atom stereocenters. The van der Waals surface area contributed by atoms with Crippen LogP contribution in [0.1, 0.15) is 26.3 Å². The third kappa shape index (κ3) is 5.71. The van der Waals surface area contributed by atoms with Gasteiger partial charge in [-0.2, -0.15) is 13.2 Å². The van der Waals surface area contributed by atoms with E-state index in [-0.39, 0.29) is 16.8 Å². The number of likely N-dealkylation sites (N-methyl/N-ethyl adjacent to an activating group) is 1. The number of hydrogen-bond acceptors (Lipinski definition) is 4. The molecule has 0 saturated heterocycles. The van der Waals surface area contributed by atoms with E-state index in [0.717, 1.165) is 11.0 Å². The number of rotatable bonds is 5. The highest BCUT2D eigenvalue weighted by molar-refractivity contribution is 6.31. The van der Waals surface area contributed by atoms with Crippen molar-refractivity contribution in [3.8, 4) is 0 Å². The van der Waals surface area contributed by atoms with Crippen LogP contribution >= 0.6 is 11.6 Å². The Balaban J connectivity index is 2.03. The van der Waals surface area contributed by atoms with Crippen LogP contribution in [-0.2, 0) is 15.7 Å². The molecule has 0 aromatic heterocycles. The lowest BCUT2D eigenvalue weighted by molar-refractivity contribution is -0.137. The minimum Gasteiger partial charge on any atom is -0.465 e. The number of alkyl halides is 3. The molecule has 0 saturated carbocycles. The smallest absolute Gasteiger partial charge is 0.417 e. The van der Waals surface area contributed by atoms with Gasteiger partial charge in [0.05, 0.1) is 29.8 Å². The Kier molecular flexibility index (Phi) is 6.86. The van der Waals surface area contributed by atoms with Crippen LogP contribution in [-0.4, -0.2) is 43.4 Å². The number of esters is 1. The van der Waals surface area contributed by atoms with Crippen molar-refractivity contribution in [3.05, 3.63) is 64.2 Å². The van der Waals surface area contributed by atoms with Gasteiger partial charge in [0.25, 0.3) is 5.91 Å². The lowest BCUT2D eigenvalue weighted by Gasteiger charge is -2.17. The van der Waals surface area contributed by atoms with Crippen molar-refractivity contribution >= 4 is 35.1 Å². The van der Waals surface area contributed by atoms with Gasteiger partial charge in [-0.15, -0.1) is 0 Å². The Bertz CT molecular complexity index is 930. The van der Waals surface area contributed by atoms with Crippen molar-refractivity contribution in [2.24, 2.45) is 0 Å². The molecule has 0 aliphatic heterocycles. The molecule has 0 fully saturated rings. The molecule has 6 nitrogen and oxygen atoms in total. The summed E-state index contributed by atoms with van der Waals surface area (Å²) >= 11 is 5.54. The van der Waals surface area contributed by atoms with E-state index in [4.69, 9.17) is 11.6 Å². The highest BCUT2D eigenvalue weighted by Crippen LogP contribution is 2.36. The van der Waals surface area contributed by atoms with E-state index >= 15 is 0 Å². The van der Waals surface area contributed by atoms with Gasteiger partial charge >= 0.3 is 12.1 Å². The maximum absolute atomic E-state index is 12.9. The summed E-state index contributed by atoms with van der Waals surface area (Å²) in [7, 11) is 2.59. The second-order valence-corrected chi connectivity index (χ2v) is 6.38. The fraction of sp³-hybridized carbons (Fsp3) is 0.211. The Hall–Kier alpha value is -3.07. The number of halogens is 4. The van der Waals surface area contributed by atoms with Crippen LogP contribution in [0.15, 0.2) is 42.5 Å². The standard InChI is InChI=1S/C19H16ClF3N2O4/c1-25(17(27)11-3-5-12(6-4-11)18(28)29-2)10-16(26)24-13-7-8-15(20)14(9-13)19(21,22)23/h3-9H,10H2,1-2H3,(H,24,26). The largest absolute Gasteiger partial charge is 0.465 e. The van der Waals surface area contributed by atoms with Crippen LogP contribution in [0.3, 0.4) is 0 Å². The first-order chi connectivity index (χ1) is 13.5. The fourth-order valence-corrected chi connectivity index (χ4v) is 2.62. The molecule has 0 bridgehead atoms. The Morgan fingerprint density at radius 3 is 2.21 bits per heavy atom. The molecule has 0 heterocycles. The molecule has 154 valence electrons.